The summed E-state index contributed by atoms with van der Waals surface area (Å²) in [7, 11) is 0. The van der Waals surface area contributed by atoms with Crippen LogP contribution in [0.2, 0.25) is 0 Å². The summed E-state index contributed by atoms with van der Waals surface area (Å²) >= 11 is 0. The SMILES string of the molecule is CC(C)(C)OC(=O)[C@@H]1[C@H](C#CC(=O)O)C1(C)C. The van der Waals surface area contributed by atoms with Crippen LogP contribution in [-0.2, 0) is 14.3 Å². The predicted molar refractivity (Wildman–Crippen MR) is 62.0 cm³/mol. The van der Waals surface area contributed by atoms with Crippen molar-refractivity contribution in [3.63, 3.8) is 0 Å². The van der Waals surface area contributed by atoms with Gasteiger partial charge in [0.1, 0.15) is 5.60 Å². The summed E-state index contributed by atoms with van der Waals surface area (Å²) in [6, 6.07) is 0. The Balaban J connectivity index is 2.72. The molecule has 0 aromatic heterocycles. The van der Waals surface area contributed by atoms with Gasteiger partial charge in [0.05, 0.1) is 5.92 Å². The Hall–Kier alpha value is -1.50. The minimum atomic E-state index is -1.17. The molecule has 0 amide bonds. The molecule has 0 aliphatic heterocycles. The fourth-order valence-corrected chi connectivity index (χ4v) is 1.85. The van der Waals surface area contributed by atoms with E-state index in [1.54, 1.807) is 20.8 Å². The molecule has 17 heavy (non-hydrogen) atoms. The smallest absolute Gasteiger partial charge is 0.381 e. The Labute approximate surface area is 101 Å². The lowest BCUT2D eigenvalue weighted by Crippen LogP contribution is -2.26. The van der Waals surface area contributed by atoms with Crippen LogP contribution in [-0.4, -0.2) is 22.6 Å². The third-order valence-corrected chi connectivity index (χ3v) is 2.82. The first kappa shape index (κ1) is 13.6. The number of aliphatic carboxylic acids is 1. The molecule has 4 heteroatoms. The summed E-state index contributed by atoms with van der Waals surface area (Å²) in [5.41, 5.74) is -0.828. The van der Waals surface area contributed by atoms with Crippen LogP contribution in [0.3, 0.4) is 0 Å². The third kappa shape index (κ3) is 3.23. The Kier molecular flexibility index (Phi) is 3.24. The van der Waals surface area contributed by atoms with Crippen LogP contribution in [0.5, 0.6) is 0 Å². The monoisotopic (exact) mass is 238 g/mol. The van der Waals surface area contributed by atoms with Crippen molar-refractivity contribution >= 4 is 11.9 Å². The first-order valence-corrected chi connectivity index (χ1v) is 5.53. The molecule has 1 rings (SSSR count). The summed E-state index contributed by atoms with van der Waals surface area (Å²) in [4.78, 5) is 22.2. The summed E-state index contributed by atoms with van der Waals surface area (Å²) in [6.07, 6.45) is 0. The van der Waals surface area contributed by atoms with Crippen molar-refractivity contribution in [3.8, 4) is 11.8 Å². The second kappa shape index (κ2) is 4.06. The maximum atomic E-state index is 11.9. The van der Waals surface area contributed by atoms with Gasteiger partial charge < -0.3 is 9.84 Å². The number of rotatable bonds is 1. The molecular formula is C13H18O4. The van der Waals surface area contributed by atoms with Crippen LogP contribution in [0.4, 0.5) is 0 Å². The van der Waals surface area contributed by atoms with Gasteiger partial charge in [-0.25, -0.2) is 4.79 Å². The fourth-order valence-electron chi connectivity index (χ4n) is 1.85. The fraction of sp³-hybridized carbons (Fsp3) is 0.692. The van der Waals surface area contributed by atoms with E-state index in [1.807, 2.05) is 13.8 Å². The number of carboxylic acids is 1. The van der Waals surface area contributed by atoms with E-state index in [1.165, 1.54) is 0 Å². The summed E-state index contributed by atoms with van der Waals surface area (Å²) in [5, 5.41) is 8.48. The van der Waals surface area contributed by atoms with Gasteiger partial charge >= 0.3 is 11.9 Å². The number of carbonyl (C=O) groups excluding carboxylic acids is 1. The second-order valence-electron chi connectivity index (χ2n) is 5.88. The molecule has 94 valence electrons. The van der Waals surface area contributed by atoms with Gasteiger partial charge in [-0.2, -0.15) is 0 Å². The minimum Gasteiger partial charge on any atom is -0.472 e. The molecule has 4 nitrogen and oxygen atoms in total. The zero-order chi connectivity index (χ0) is 13.4. The lowest BCUT2D eigenvalue weighted by molar-refractivity contribution is -0.157. The Bertz CT molecular complexity index is 403. The Morgan fingerprint density at radius 3 is 2.24 bits per heavy atom. The van der Waals surface area contributed by atoms with Gasteiger partial charge in [-0.05, 0) is 26.2 Å². The van der Waals surface area contributed by atoms with Crippen molar-refractivity contribution in [2.24, 2.45) is 17.3 Å². The molecule has 1 fully saturated rings. The Morgan fingerprint density at radius 1 is 1.29 bits per heavy atom. The van der Waals surface area contributed by atoms with E-state index in [0.717, 1.165) is 0 Å². The first-order valence-electron chi connectivity index (χ1n) is 5.53. The highest BCUT2D eigenvalue weighted by molar-refractivity contribution is 5.87. The van der Waals surface area contributed by atoms with Gasteiger partial charge in [0.25, 0.3) is 0 Å². The number of hydrogen-bond acceptors (Lipinski definition) is 3. The van der Waals surface area contributed by atoms with Crippen molar-refractivity contribution in [3.05, 3.63) is 0 Å². The molecule has 0 bridgehead atoms. The van der Waals surface area contributed by atoms with Crippen LogP contribution in [0.1, 0.15) is 34.6 Å². The van der Waals surface area contributed by atoms with E-state index in [2.05, 4.69) is 11.8 Å². The number of carbonyl (C=O) groups is 2. The lowest BCUT2D eigenvalue weighted by atomic mass is 10.1. The van der Waals surface area contributed by atoms with Gasteiger partial charge in [-0.1, -0.05) is 19.8 Å². The second-order valence-corrected chi connectivity index (χ2v) is 5.88. The van der Waals surface area contributed by atoms with E-state index >= 15 is 0 Å². The quantitative estimate of drug-likeness (QED) is 0.557. The van der Waals surface area contributed by atoms with E-state index in [9.17, 15) is 9.59 Å². The van der Waals surface area contributed by atoms with Crippen molar-refractivity contribution < 1.29 is 19.4 Å². The average molecular weight is 238 g/mol. The van der Waals surface area contributed by atoms with E-state index < -0.39 is 11.6 Å². The summed E-state index contributed by atoms with van der Waals surface area (Å²) in [6.45, 7) is 9.19. The molecule has 1 aliphatic rings. The van der Waals surface area contributed by atoms with Crippen molar-refractivity contribution in [1.29, 1.82) is 0 Å². The third-order valence-electron chi connectivity index (χ3n) is 2.82. The standard InChI is InChI=1S/C13H18O4/c1-12(2,3)17-11(16)10-8(13(10,4)5)6-7-9(14)15/h8,10H,1-5H3,(H,14,15)/t8-,10-/m0/s1. The van der Waals surface area contributed by atoms with Crippen LogP contribution in [0, 0.1) is 29.1 Å². The van der Waals surface area contributed by atoms with Gasteiger partial charge in [-0.15, -0.1) is 0 Å². The molecule has 0 radical (unpaired) electrons. The maximum absolute atomic E-state index is 11.9. The van der Waals surface area contributed by atoms with Gasteiger partial charge in [0.15, 0.2) is 0 Å². The summed E-state index contributed by atoms with van der Waals surface area (Å²) < 4.78 is 5.28. The molecular weight excluding hydrogens is 220 g/mol. The van der Waals surface area contributed by atoms with Crippen LogP contribution in [0.25, 0.3) is 0 Å². The van der Waals surface area contributed by atoms with E-state index in [4.69, 9.17) is 9.84 Å². The largest absolute Gasteiger partial charge is 0.472 e. The zero-order valence-electron chi connectivity index (χ0n) is 10.8. The highest BCUT2D eigenvalue weighted by atomic mass is 16.6. The van der Waals surface area contributed by atoms with E-state index in [-0.39, 0.29) is 23.2 Å². The molecule has 0 saturated heterocycles. The van der Waals surface area contributed by atoms with Crippen LogP contribution < -0.4 is 0 Å². The molecule has 0 unspecified atom stereocenters. The highest BCUT2D eigenvalue weighted by Crippen LogP contribution is 2.58. The maximum Gasteiger partial charge on any atom is 0.381 e. The van der Waals surface area contributed by atoms with Gasteiger partial charge in [0, 0.05) is 11.8 Å². The molecule has 0 aromatic carbocycles. The molecule has 0 spiro atoms. The van der Waals surface area contributed by atoms with Crippen LogP contribution in [0.15, 0.2) is 0 Å². The Morgan fingerprint density at radius 2 is 1.82 bits per heavy atom. The van der Waals surface area contributed by atoms with Gasteiger partial charge in [-0.3, -0.25) is 4.79 Å². The first-order chi connectivity index (χ1) is 7.55. The normalized spacial score (nSPS) is 25.5. The number of ether oxygens (including phenoxy) is 1. The predicted octanol–water partition coefficient (Wildman–Crippen LogP) is 1.69. The minimum absolute atomic E-state index is 0.228. The zero-order valence-corrected chi connectivity index (χ0v) is 10.8. The molecule has 0 aromatic rings. The molecule has 2 atom stereocenters. The molecule has 1 aliphatic carbocycles. The number of carboxylic acid groups (broad SMARTS) is 1. The highest BCUT2D eigenvalue weighted by Gasteiger charge is 2.62. The molecule has 1 N–H and O–H groups in total. The van der Waals surface area contributed by atoms with Crippen molar-refractivity contribution in [2.75, 3.05) is 0 Å². The number of hydrogen-bond donors (Lipinski definition) is 1. The average Bonchev–Trinajstić information content (AvgIpc) is 2.61. The van der Waals surface area contributed by atoms with E-state index in [0.29, 0.717) is 0 Å². The molecule has 1 saturated carbocycles. The van der Waals surface area contributed by atoms with Gasteiger partial charge in [0.2, 0.25) is 0 Å². The van der Waals surface area contributed by atoms with Crippen molar-refractivity contribution in [2.45, 2.75) is 40.2 Å². The van der Waals surface area contributed by atoms with Crippen LogP contribution >= 0.6 is 0 Å². The van der Waals surface area contributed by atoms with Crippen molar-refractivity contribution in [1.82, 2.24) is 0 Å². The number of esters is 1. The summed E-state index contributed by atoms with van der Waals surface area (Å²) in [5.74, 6) is 2.66. The topological polar surface area (TPSA) is 63.6 Å². The lowest BCUT2D eigenvalue weighted by Gasteiger charge is -2.19. The molecule has 0 heterocycles.